The monoisotopic (exact) mass is 577 g/mol. The number of hydrogen-bond donors (Lipinski definition) is 2. The number of nitrogens with one attached hydrogen (secondary N) is 1. The number of benzene rings is 2. The van der Waals surface area contributed by atoms with Crippen LogP contribution in [0.3, 0.4) is 0 Å². The second-order valence-corrected chi connectivity index (χ2v) is 12.4. The smallest absolute Gasteiger partial charge is 0.235 e. The van der Waals surface area contributed by atoms with Crippen molar-refractivity contribution < 1.29 is 33.1 Å². The number of nitrogens with zero attached hydrogens (tertiary/aromatic N) is 1. The van der Waals surface area contributed by atoms with Gasteiger partial charge in [-0.05, 0) is 51.8 Å². The average molecular weight is 578 g/mol. The Balaban J connectivity index is 1.66. The van der Waals surface area contributed by atoms with Crippen LogP contribution < -0.4 is 15.8 Å². The van der Waals surface area contributed by atoms with Crippen molar-refractivity contribution in [1.29, 1.82) is 0 Å². The molecule has 2 fully saturated rings. The summed E-state index contributed by atoms with van der Waals surface area (Å²) in [6, 6.07) is 9.63. The minimum absolute atomic E-state index is 0.0188. The highest BCUT2D eigenvalue weighted by Crippen LogP contribution is 2.60. The van der Waals surface area contributed by atoms with Gasteiger partial charge in [0.2, 0.25) is 5.91 Å². The van der Waals surface area contributed by atoms with Gasteiger partial charge in [0, 0.05) is 24.1 Å². The fraction of sp³-hybridized carbons (Fsp3) is 0.469. The van der Waals surface area contributed by atoms with Gasteiger partial charge in [-0.15, -0.1) is 0 Å². The molecule has 0 bridgehead atoms. The first kappa shape index (κ1) is 29.6. The molecule has 2 saturated carbocycles. The fourth-order valence-electron chi connectivity index (χ4n) is 7.50. The number of fused-ring (bicyclic) bond motifs is 3. The molecule has 3 N–H and O–H groups in total. The Labute approximate surface area is 244 Å². The first-order valence-electron chi connectivity index (χ1n) is 14.2. The zero-order valence-electron chi connectivity index (χ0n) is 24.5. The predicted molar refractivity (Wildman–Crippen MR) is 152 cm³/mol. The maximum atomic E-state index is 15.8. The molecule has 2 aromatic rings. The van der Waals surface area contributed by atoms with E-state index in [0.717, 1.165) is 5.56 Å². The topological polar surface area (TPSA) is 136 Å². The Morgan fingerprint density at radius 2 is 1.79 bits per heavy atom. The Hall–Kier alpha value is -3.92. The van der Waals surface area contributed by atoms with Crippen LogP contribution in [0.15, 0.2) is 36.4 Å². The number of rotatable bonds is 7. The van der Waals surface area contributed by atoms with E-state index in [9.17, 15) is 24.0 Å². The summed E-state index contributed by atoms with van der Waals surface area (Å²) in [5.74, 6) is -8.34. The van der Waals surface area contributed by atoms with Crippen molar-refractivity contribution in [3.8, 4) is 5.75 Å². The molecule has 10 heteroatoms. The summed E-state index contributed by atoms with van der Waals surface area (Å²) in [6.45, 7) is 5.52. The summed E-state index contributed by atoms with van der Waals surface area (Å²) in [4.78, 5) is 70.1. The molecule has 1 amide bonds. The minimum atomic E-state index is -1.82. The van der Waals surface area contributed by atoms with Crippen LogP contribution in [0.1, 0.15) is 48.7 Å². The van der Waals surface area contributed by atoms with Gasteiger partial charge in [0.1, 0.15) is 12.4 Å². The minimum Gasteiger partial charge on any atom is -0.486 e. The van der Waals surface area contributed by atoms with Crippen LogP contribution in [0.5, 0.6) is 5.75 Å². The highest BCUT2D eigenvalue weighted by Gasteiger charge is 2.70. The first-order chi connectivity index (χ1) is 19.8. The van der Waals surface area contributed by atoms with E-state index < -0.39 is 69.5 Å². The molecule has 0 aromatic heterocycles. The summed E-state index contributed by atoms with van der Waals surface area (Å²) in [6.07, 6.45) is 0.143. The summed E-state index contributed by atoms with van der Waals surface area (Å²) >= 11 is 0. The van der Waals surface area contributed by atoms with Crippen LogP contribution in [0.25, 0.3) is 0 Å². The van der Waals surface area contributed by atoms with Crippen molar-refractivity contribution >= 4 is 34.7 Å². The second-order valence-electron chi connectivity index (χ2n) is 12.4. The zero-order chi connectivity index (χ0) is 30.7. The maximum Gasteiger partial charge on any atom is 0.235 e. The van der Waals surface area contributed by atoms with Crippen molar-refractivity contribution in [2.24, 2.45) is 34.3 Å². The number of halogens is 1. The second kappa shape index (κ2) is 10.4. The number of Topliss-reactive ketones (excluding diaryl/α,β-unsaturated/α-hetero) is 4. The van der Waals surface area contributed by atoms with E-state index in [2.05, 4.69) is 5.32 Å². The fourth-order valence-corrected chi connectivity index (χ4v) is 7.50. The van der Waals surface area contributed by atoms with Gasteiger partial charge in [-0.3, -0.25) is 28.9 Å². The molecule has 9 nitrogen and oxygen atoms in total. The number of ether oxygens (including phenoxy) is 1. The van der Waals surface area contributed by atoms with Gasteiger partial charge in [0.15, 0.2) is 34.8 Å². The van der Waals surface area contributed by atoms with Crippen molar-refractivity contribution in [3.63, 3.8) is 0 Å². The van der Waals surface area contributed by atoms with Gasteiger partial charge in [-0.2, -0.15) is 0 Å². The zero-order valence-corrected chi connectivity index (χ0v) is 24.5. The SMILES string of the molecule is CCNc1cc(F)c2c(c1OCc1ccccc1)C(=O)C1C(=O)C3(C)C(=O)C(C(N)=O)C(=O)C(N(C)C)C3CC1(C)C2. The van der Waals surface area contributed by atoms with E-state index in [1.54, 1.807) is 25.9 Å². The van der Waals surface area contributed by atoms with E-state index in [-0.39, 0.29) is 42.0 Å². The molecule has 0 saturated heterocycles. The first-order valence-corrected chi connectivity index (χ1v) is 14.2. The molecule has 6 unspecified atom stereocenters. The molecule has 0 heterocycles. The lowest BCUT2D eigenvalue weighted by atomic mass is 9.44. The van der Waals surface area contributed by atoms with Gasteiger partial charge in [0.25, 0.3) is 0 Å². The molecule has 0 spiro atoms. The molecule has 3 aliphatic carbocycles. The van der Waals surface area contributed by atoms with Crippen LogP contribution in [0, 0.1) is 34.4 Å². The number of nitrogens with two attached hydrogens (primary N) is 1. The maximum absolute atomic E-state index is 15.8. The molecule has 222 valence electrons. The van der Waals surface area contributed by atoms with Crippen molar-refractivity contribution in [2.75, 3.05) is 26.0 Å². The summed E-state index contributed by atoms with van der Waals surface area (Å²) in [5.41, 5.74) is 3.85. The number of carbonyl (C=O) groups is 5. The quantitative estimate of drug-likeness (QED) is 0.480. The Morgan fingerprint density at radius 1 is 1.12 bits per heavy atom. The lowest BCUT2D eigenvalue weighted by Gasteiger charge is -2.57. The van der Waals surface area contributed by atoms with Crippen LogP contribution >= 0.6 is 0 Å². The number of carbonyl (C=O) groups excluding carboxylic acids is 5. The molecule has 0 aliphatic heterocycles. The number of ketones is 4. The van der Waals surface area contributed by atoms with Crippen LogP contribution in [-0.2, 0) is 32.2 Å². The average Bonchev–Trinajstić information content (AvgIpc) is 2.91. The highest BCUT2D eigenvalue weighted by molar-refractivity contribution is 6.30. The van der Waals surface area contributed by atoms with Gasteiger partial charge in [-0.25, -0.2) is 4.39 Å². The third-order valence-corrected chi connectivity index (χ3v) is 9.49. The van der Waals surface area contributed by atoms with Gasteiger partial charge < -0.3 is 15.8 Å². The Kier molecular flexibility index (Phi) is 7.33. The Morgan fingerprint density at radius 3 is 2.38 bits per heavy atom. The van der Waals surface area contributed by atoms with Gasteiger partial charge in [0.05, 0.1) is 28.6 Å². The number of hydrogen-bond acceptors (Lipinski definition) is 8. The molecular formula is C32H36FN3O6. The van der Waals surface area contributed by atoms with Crippen molar-refractivity contribution in [3.05, 3.63) is 58.9 Å². The number of amides is 1. The van der Waals surface area contributed by atoms with E-state index in [4.69, 9.17) is 10.5 Å². The summed E-state index contributed by atoms with van der Waals surface area (Å²) in [5, 5.41) is 3.07. The van der Waals surface area contributed by atoms with E-state index >= 15 is 4.39 Å². The predicted octanol–water partition coefficient (Wildman–Crippen LogP) is 2.98. The van der Waals surface area contributed by atoms with E-state index in [1.165, 1.54) is 13.0 Å². The third kappa shape index (κ3) is 4.26. The van der Waals surface area contributed by atoms with Crippen LogP contribution in [0.2, 0.25) is 0 Å². The highest BCUT2D eigenvalue weighted by atomic mass is 19.1. The van der Waals surface area contributed by atoms with Crippen LogP contribution in [0.4, 0.5) is 10.1 Å². The molecule has 2 aromatic carbocycles. The van der Waals surface area contributed by atoms with E-state index in [0.29, 0.717) is 6.54 Å². The number of anilines is 1. The van der Waals surface area contributed by atoms with Gasteiger partial charge in [-0.1, -0.05) is 37.3 Å². The molecular weight excluding hydrogens is 541 g/mol. The normalized spacial score (nSPS) is 30.5. The number of primary amides is 1. The third-order valence-electron chi connectivity index (χ3n) is 9.49. The largest absolute Gasteiger partial charge is 0.486 e. The molecule has 0 radical (unpaired) electrons. The summed E-state index contributed by atoms with van der Waals surface area (Å²) < 4.78 is 21.9. The van der Waals surface area contributed by atoms with Gasteiger partial charge >= 0.3 is 0 Å². The van der Waals surface area contributed by atoms with Crippen molar-refractivity contribution in [2.45, 2.75) is 46.3 Å². The summed E-state index contributed by atoms with van der Waals surface area (Å²) in [7, 11) is 3.27. The number of likely N-dealkylation sites (N-methyl/N-ethyl adjacent to an activating group) is 1. The molecule has 3 aliphatic rings. The van der Waals surface area contributed by atoms with Crippen molar-refractivity contribution in [1.82, 2.24) is 4.90 Å². The van der Waals surface area contributed by atoms with E-state index in [1.807, 2.05) is 37.3 Å². The lowest BCUT2D eigenvalue weighted by Crippen LogP contribution is -2.70. The Bertz CT molecular complexity index is 1510. The standard InChI is InChI=1S/C32H36FN3O6/c1-6-35-20-12-19(33)17-13-31(2)14-18-24(36(4)5)26(38)22(30(34)41)28(39)32(18,3)29(40)23(31)25(37)21(17)27(20)42-15-16-10-8-7-9-11-16/h7-12,18,22-24,35H,6,13-15H2,1-5H3,(H2,34,41). The lowest BCUT2D eigenvalue weighted by molar-refractivity contribution is -0.170. The van der Waals surface area contributed by atoms with Crippen LogP contribution in [-0.4, -0.2) is 60.6 Å². The molecule has 6 atom stereocenters. The molecule has 5 rings (SSSR count). The molecule has 42 heavy (non-hydrogen) atoms.